The van der Waals surface area contributed by atoms with Crippen LogP contribution in [0, 0.1) is 0 Å². The molecule has 1 aromatic carbocycles. The van der Waals surface area contributed by atoms with E-state index in [1.54, 1.807) is 0 Å². The van der Waals surface area contributed by atoms with Gasteiger partial charge in [0, 0.05) is 21.9 Å². The standard InChI is InChI=1S/C18H14O6S2/c19-13-5-11(23-7-15(13)21)9-25-17-3-1-2-4-18(17)26-10-12-6-14(20)16(22)8-24-12/h1-8,21-22H,9-10H2. The summed E-state index contributed by atoms with van der Waals surface area (Å²) in [5.41, 5.74) is -0.950. The summed E-state index contributed by atoms with van der Waals surface area (Å²) < 4.78 is 10.4. The second-order valence-electron chi connectivity index (χ2n) is 5.22. The van der Waals surface area contributed by atoms with E-state index in [0.717, 1.165) is 22.3 Å². The zero-order valence-corrected chi connectivity index (χ0v) is 15.0. The van der Waals surface area contributed by atoms with Gasteiger partial charge in [0.25, 0.3) is 0 Å². The normalized spacial score (nSPS) is 10.8. The summed E-state index contributed by atoms with van der Waals surface area (Å²) in [4.78, 5) is 24.9. The molecule has 0 aliphatic rings. The molecule has 2 N–H and O–H groups in total. The van der Waals surface area contributed by atoms with Crippen molar-refractivity contribution in [3.8, 4) is 11.5 Å². The maximum absolute atomic E-state index is 11.5. The van der Waals surface area contributed by atoms with Crippen molar-refractivity contribution in [3.05, 3.63) is 80.9 Å². The lowest BCUT2D eigenvalue weighted by Gasteiger charge is -2.08. The van der Waals surface area contributed by atoms with Crippen LogP contribution < -0.4 is 10.9 Å². The maximum atomic E-state index is 11.5. The molecule has 0 fully saturated rings. The SMILES string of the molecule is O=c1cc(CSc2ccccc2SCc2cc(=O)c(O)co2)occ1O. The van der Waals surface area contributed by atoms with Crippen molar-refractivity contribution in [3.63, 3.8) is 0 Å². The van der Waals surface area contributed by atoms with E-state index in [-0.39, 0.29) is 0 Å². The van der Waals surface area contributed by atoms with Gasteiger partial charge < -0.3 is 19.0 Å². The van der Waals surface area contributed by atoms with Crippen LogP contribution in [0.15, 0.2) is 77.1 Å². The largest absolute Gasteiger partial charge is 0.502 e. The Bertz CT molecular complexity index is 942. The zero-order chi connectivity index (χ0) is 18.5. The molecule has 8 heteroatoms. The molecule has 3 rings (SSSR count). The van der Waals surface area contributed by atoms with E-state index in [4.69, 9.17) is 8.83 Å². The van der Waals surface area contributed by atoms with Gasteiger partial charge in [-0.2, -0.15) is 0 Å². The van der Waals surface area contributed by atoms with Gasteiger partial charge >= 0.3 is 0 Å². The third-order valence-electron chi connectivity index (χ3n) is 3.32. The molecule has 2 aromatic heterocycles. The Morgan fingerprint density at radius 2 is 1.19 bits per heavy atom. The Hall–Kier alpha value is -2.58. The van der Waals surface area contributed by atoms with E-state index in [1.807, 2.05) is 24.3 Å². The lowest BCUT2D eigenvalue weighted by molar-refractivity contribution is 0.419. The van der Waals surface area contributed by atoms with Gasteiger partial charge in [0.05, 0.1) is 11.5 Å². The van der Waals surface area contributed by atoms with E-state index in [2.05, 4.69) is 0 Å². The molecule has 0 saturated heterocycles. The molecule has 26 heavy (non-hydrogen) atoms. The average Bonchev–Trinajstić information content (AvgIpc) is 2.64. The van der Waals surface area contributed by atoms with E-state index < -0.39 is 22.4 Å². The highest BCUT2D eigenvalue weighted by Gasteiger charge is 2.08. The predicted octanol–water partition coefficient (Wildman–Crippen LogP) is 3.59. The molecule has 6 nitrogen and oxygen atoms in total. The van der Waals surface area contributed by atoms with Crippen LogP contribution in [0.1, 0.15) is 11.5 Å². The van der Waals surface area contributed by atoms with Crippen molar-refractivity contribution < 1.29 is 19.0 Å². The van der Waals surface area contributed by atoms with E-state index >= 15 is 0 Å². The predicted molar refractivity (Wildman–Crippen MR) is 98.8 cm³/mol. The molecular weight excluding hydrogens is 376 g/mol. The van der Waals surface area contributed by atoms with Gasteiger partial charge in [-0.3, -0.25) is 9.59 Å². The van der Waals surface area contributed by atoms with Gasteiger partial charge in [-0.25, -0.2) is 0 Å². The van der Waals surface area contributed by atoms with Crippen molar-refractivity contribution in [1.82, 2.24) is 0 Å². The third kappa shape index (κ3) is 4.53. The van der Waals surface area contributed by atoms with Gasteiger partial charge in [-0.1, -0.05) is 12.1 Å². The minimum Gasteiger partial charge on any atom is -0.502 e. The molecule has 0 amide bonds. The second-order valence-corrected chi connectivity index (χ2v) is 7.25. The van der Waals surface area contributed by atoms with Gasteiger partial charge in [-0.05, 0) is 12.1 Å². The van der Waals surface area contributed by atoms with Crippen LogP contribution >= 0.6 is 23.5 Å². The van der Waals surface area contributed by atoms with Crippen molar-refractivity contribution in [2.45, 2.75) is 21.3 Å². The number of hydrogen-bond acceptors (Lipinski definition) is 8. The fourth-order valence-corrected chi connectivity index (χ4v) is 4.05. The highest BCUT2D eigenvalue weighted by molar-refractivity contribution is 8.01. The average molecular weight is 390 g/mol. The number of aromatic hydroxyl groups is 2. The summed E-state index contributed by atoms with van der Waals surface area (Å²) in [6.07, 6.45) is 2.07. The zero-order valence-electron chi connectivity index (χ0n) is 13.4. The van der Waals surface area contributed by atoms with E-state index in [1.165, 1.54) is 35.7 Å². The van der Waals surface area contributed by atoms with Crippen LogP contribution in [0.3, 0.4) is 0 Å². The summed E-state index contributed by atoms with van der Waals surface area (Å²) in [7, 11) is 0. The van der Waals surface area contributed by atoms with Crippen LogP contribution in [0.25, 0.3) is 0 Å². The van der Waals surface area contributed by atoms with Crippen LogP contribution in [0.4, 0.5) is 0 Å². The molecule has 0 spiro atoms. The molecule has 3 aromatic rings. The van der Waals surface area contributed by atoms with Gasteiger partial charge in [0.15, 0.2) is 11.5 Å². The van der Waals surface area contributed by atoms with Gasteiger partial charge in [-0.15, -0.1) is 23.5 Å². The molecule has 0 atom stereocenters. The lowest BCUT2D eigenvalue weighted by atomic mass is 10.4. The fraction of sp³-hybridized carbons (Fsp3) is 0.111. The number of thioether (sulfide) groups is 2. The first-order valence-corrected chi connectivity index (χ1v) is 9.46. The maximum Gasteiger partial charge on any atom is 0.226 e. The number of rotatable bonds is 6. The summed E-state index contributed by atoms with van der Waals surface area (Å²) in [5, 5.41) is 18.4. The smallest absolute Gasteiger partial charge is 0.226 e. The van der Waals surface area contributed by atoms with Crippen LogP contribution in [0.5, 0.6) is 11.5 Å². The van der Waals surface area contributed by atoms with E-state index in [0.29, 0.717) is 23.0 Å². The highest BCUT2D eigenvalue weighted by Crippen LogP contribution is 2.34. The molecule has 0 unspecified atom stereocenters. The first kappa shape index (κ1) is 18.2. The monoisotopic (exact) mass is 390 g/mol. The Morgan fingerprint density at radius 3 is 1.58 bits per heavy atom. The highest BCUT2D eigenvalue weighted by atomic mass is 32.2. The van der Waals surface area contributed by atoms with Crippen molar-refractivity contribution >= 4 is 23.5 Å². The molecule has 134 valence electrons. The summed E-state index contributed by atoms with van der Waals surface area (Å²) >= 11 is 2.98. The summed E-state index contributed by atoms with van der Waals surface area (Å²) in [5.74, 6) is 0.961. The Kier molecular flexibility index (Phi) is 5.75. The quantitative estimate of drug-likeness (QED) is 0.616. The summed E-state index contributed by atoms with van der Waals surface area (Å²) in [6, 6.07) is 10.2. The minimum atomic E-state index is -0.475. The van der Waals surface area contributed by atoms with Crippen LogP contribution in [-0.4, -0.2) is 10.2 Å². The molecule has 2 heterocycles. The Morgan fingerprint density at radius 1 is 0.769 bits per heavy atom. The minimum absolute atomic E-state index is 0.412. The molecule has 0 aliphatic carbocycles. The number of benzene rings is 1. The molecule has 0 radical (unpaired) electrons. The Labute approximate surface area is 156 Å². The number of hydrogen-bond donors (Lipinski definition) is 2. The molecule has 0 saturated carbocycles. The second kappa shape index (κ2) is 8.20. The first-order valence-electron chi connectivity index (χ1n) is 7.49. The van der Waals surface area contributed by atoms with Crippen molar-refractivity contribution in [1.29, 1.82) is 0 Å². The fourth-order valence-electron chi connectivity index (χ4n) is 2.03. The van der Waals surface area contributed by atoms with Gasteiger partial charge in [0.2, 0.25) is 10.9 Å². The first-order chi connectivity index (χ1) is 12.5. The molecule has 0 bridgehead atoms. The van der Waals surface area contributed by atoms with Crippen molar-refractivity contribution in [2.75, 3.05) is 0 Å². The molecular formula is C18H14O6S2. The van der Waals surface area contributed by atoms with Crippen molar-refractivity contribution in [2.24, 2.45) is 0 Å². The lowest BCUT2D eigenvalue weighted by Crippen LogP contribution is -1.99. The van der Waals surface area contributed by atoms with Gasteiger partial charge in [0.1, 0.15) is 24.0 Å². The topological polar surface area (TPSA) is 101 Å². The third-order valence-corrected chi connectivity index (χ3v) is 5.64. The Balaban J connectivity index is 1.69. The van der Waals surface area contributed by atoms with E-state index in [9.17, 15) is 19.8 Å². The van der Waals surface area contributed by atoms with Crippen LogP contribution in [0.2, 0.25) is 0 Å². The van der Waals surface area contributed by atoms with Crippen LogP contribution in [-0.2, 0) is 11.5 Å². The molecule has 0 aliphatic heterocycles. The summed E-state index contributed by atoms with van der Waals surface area (Å²) in [6.45, 7) is 0.